The van der Waals surface area contributed by atoms with E-state index in [2.05, 4.69) is 34.8 Å². The third-order valence-corrected chi connectivity index (χ3v) is 4.60. The molecule has 2 nitrogen and oxygen atoms in total. The molecule has 0 N–H and O–H groups in total. The Labute approximate surface area is 114 Å². The van der Waals surface area contributed by atoms with Crippen LogP contribution in [0.1, 0.15) is 21.0 Å². The number of aromatic nitrogens is 1. The van der Waals surface area contributed by atoms with Gasteiger partial charge in [0.2, 0.25) is 0 Å². The lowest BCUT2D eigenvalue weighted by Gasteiger charge is -2.09. The summed E-state index contributed by atoms with van der Waals surface area (Å²) in [6.07, 6.45) is 1.87. The molecule has 0 saturated heterocycles. The van der Waals surface area contributed by atoms with Crippen LogP contribution in [0.15, 0.2) is 22.8 Å². The zero-order valence-electron chi connectivity index (χ0n) is 10.1. The van der Waals surface area contributed by atoms with E-state index >= 15 is 0 Å². The normalized spacial score (nSPS) is 10.6. The molecule has 0 aliphatic rings. The highest BCUT2D eigenvalue weighted by Gasteiger charge is 2.04. The van der Waals surface area contributed by atoms with Crippen LogP contribution in [0.5, 0.6) is 5.75 Å². The summed E-state index contributed by atoms with van der Waals surface area (Å²) >= 11 is 5.22. The van der Waals surface area contributed by atoms with E-state index in [1.54, 1.807) is 11.3 Å². The SMILES string of the molecule is Cc1ncc(COc2cc(C)c(Br)c(C)c2)s1. The zero-order chi connectivity index (χ0) is 12.4. The van der Waals surface area contributed by atoms with Gasteiger partial charge in [-0.25, -0.2) is 4.98 Å². The van der Waals surface area contributed by atoms with Gasteiger partial charge in [-0.15, -0.1) is 11.3 Å². The van der Waals surface area contributed by atoms with Gasteiger partial charge in [0.1, 0.15) is 12.4 Å². The molecule has 1 aromatic heterocycles. The average molecular weight is 312 g/mol. The predicted octanol–water partition coefficient (Wildman–Crippen LogP) is 4.41. The highest BCUT2D eigenvalue weighted by atomic mass is 79.9. The van der Waals surface area contributed by atoms with E-state index < -0.39 is 0 Å². The summed E-state index contributed by atoms with van der Waals surface area (Å²) in [5.74, 6) is 0.911. The third kappa shape index (κ3) is 3.07. The van der Waals surface area contributed by atoms with Gasteiger partial charge in [-0.05, 0) is 44.0 Å². The van der Waals surface area contributed by atoms with Crippen molar-refractivity contribution in [3.63, 3.8) is 0 Å². The highest BCUT2D eigenvalue weighted by Crippen LogP contribution is 2.27. The maximum absolute atomic E-state index is 5.77. The van der Waals surface area contributed by atoms with Gasteiger partial charge in [0.05, 0.1) is 9.88 Å². The summed E-state index contributed by atoms with van der Waals surface area (Å²) in [4.78, 5) is 5.36. The maximum atomic E-state index is 5.77. The molecule has 0 atom stereocenters. The number of ether oxygens (including phenoxy) is 1. The molecule has 0 spiro atoms. The summed E-state index contributed by atoms with van der Waals surface area (Å²) in [6, 6.07) is 4.09. The summed E-state index contributed by atoms with van der Waals surface area (Å²) in [5.41, 5.74) is 2.39. The van der Waals surface area contributed by atoms with E-state index in [-0.39, 0.29) is 0 Å². The largest absolute Gasteiger partial charge is 0.488 e. The first-order chi connectivity index (χ1) is 8.06. The van der Waals surface area contributed by atoms with Crippen LogP contribution in [0.3, 0.4) is 0 Å². The Morgan fingerprint density at radius 2 is 1.88 bits per heavy atom. The Bertz CT molecular complexity index is 513. The molecule has 17 heavy (non-hydrogen) atoms. The van der Waals surface area contributed by atoms with Crippen molar-refractivity contribution < 1.29 is 4.74 Å². The first-order valence-electron chi connectivity index (χ1n) is 5.37. The predicted molar refractivity (Wildman–Crippen MR) is 74.8 cm³/mol. The molecular weight excluding hydrogens is 298 g/mol. The van der Waals surface area contributed by atoms with Gasteiger partial charge in [0, 0.05) is 10.7 Å². The van der Waals surface area contributed by atoms with Crippen LogP contribution in [-0.2, 0) is 6.61 Å². The van der Waals surface area contributed by atoms with Crippen molar-refractivity contribution in [3.05, 3.63) is 43.8 Å². The van der Waals surface area contributed by atoms with E-state index in [0.29, 0.717) is 6.61 Å². The van der Waals surface area contributed by atoms with Gasteiger partial charge in [0.15, 0.2) is 0 Å². The van der Waals surface area contributed by atoms with E-state index in [9.17, 15) is 0 Å². The van der Waals surface area contributed by atoms with Crippen molar-refractivity contribution in [1.82, 2.24) is 4.98 Å². The monoisotopic (exact) mass is 311 g/mol. The number of aryl methyl sites for hydroxylation is 3. The average Bonchev–Trinajstić information content (AvgIpc) is 2.69. The van der Waals surface area contributed by atoms with Crippen LogP contribution in [0.2, 0.25) is 0 Å². The molecule has 0 unspecified atom stereocenters. The topological polar surface area (TPSA) is 22.1 Å². The molecule has 0 radical (unpaired) electrons. The quantitative estimate of drug-likeness (QED) is 0.837. The van der Waals surface area contributed by atoms with E-state index in [4.69, 9.17) is 4.74 Å². The molecule has 2 rings (SSSR count). The fraction of sp³-hybridized carbons (Fsp3) is 0.308. The van der Waals surface area contributed by atoms with Crippen molar-refractivity contribution in [2.24, 2.45) is 0 Å². The Kier molecular flexibility index (Phi) is 3.84. The van der Waals surface area contributed by atoms with Gasteiger partial charge in [0.25, 0.3) is 0 Å². The lowest BCUT2D eigenvalue weighted by Crippen LogP contribution is -1.94. The van der Waals surface area contributed by atoms with Crippen LogP contribution in [-0.4, -0.2) is 4.98 Å². The smallest absolute Gasteiger partial charge is 0.124 e. The molecule has 0 fully saturated rings. The lowest BCUT2D eigenvalue weighted by molar-refractivity contribution is 0.309. The minimum Gasteiger partial charge on any atom is -0.488 e. The number of benzene rings is 1. The maximum Gasteiger partial charge on any atom is 0.124 e. The van der Waals surface area contributed by atoms with Crippen molar-refractivity contribution >= 4 is 27.3 Å². The number of halogens is 1. The molecule has 0 saturated carbocycles. The van der Waals surface area contributed by atoms with E-state index in [0.717, 1.165) is 20.1 Å². The van der Waals surface area contributed by atoms with Gasteiger partial charge in [-0.3, -0.25) is 0 Å². The second-order valence-corrected chi connectivity index (χ2v) is 6.12. The fourth-order valence-corrected chi connectivity index (χ4v) is 2.55. The summed E-state index contributed by atoms with van der Waals surface area (Å²) in [6.45, 7) is 6.73. The van der Waals surface area contributed by atoms with Crippen molar-refractivity contribution in [1.29, 1.82) is 0 Å². The minimum absolute atomic E-state index is 0.589. The molecule has 0 aliphatic carbocycles. The second-order valence-electron chi connectivity index (χ2n) is 4.01. The second kappa shape index (κ2) is 5.19. The summed E-state index contributed by atoms with van der Waals surface area (Å²) in [5, 5.41) is 1.08. The van der Waals surface area contributed by atoms with Crippen LogP contribution < -0.4 is 4.74 Å². The number of rotatable bonds is 3. The van der Waals surface area contributed by atoms with E-state index in [1.807, 2.05) is 25.3 Å². The van der Waals surface area contributed by atoms with E-state index in [1.165, 1.54) is 11.1 Å². The Hall–Kier alpha value is -0.870. The zero-order valence-corrected chi connectivity index (χ0v) is 12.5. The molecule has 4 heteroatoms. The third-order valence-electron chi connectivity index (χ3n) is 2.46. The first kappa shape index (κ1) is 12.6. The molecule has 1 heterocycles. The molecule has 2 aromatic rings. The van der Waals surface area contributed by atoms with Gasteiger partial charge in [-0.1, -0.05) is 15.9 Å². The van der Waals surface area contributed by atoms with Gasteiger partial charge < -0.3 is 4.74 Å². The molecule has 0 bridgehead atoms. The minimum atomic E-state index is 0.589. The van der Waals surface area contributed by atoms with Crippen molar-refractivity contribution in [2.75, 3.05) is 0 Å². The highest BCUT2D eigenvalue weighted by molar-refractivity contribution is 9.10. The van der Waals surface area contributed by atoms with Crippen LogP contribution in [0.25, 0.3) is 0 Å². The van der Waals surface area contributed by atoms with Gasteiger partial charge >= 0.3 is 0 Å². The number of thiazole rings is 1. The molecule has 1 aromatic carbocycles. The number of hydrogen-bond acceptors (Lipinski definition) is 3. The summed E-state index contributed by atoms with van der Waals surface area (Å²) in [7, 11) is 0. The Morgan fingerprint density at radius 1 is 1.24 bits per heavy atom. The Balaban J connectivity index is 2.09. The molecule has 0 aliphatic heterocycles. The molecule has 90 valence electrons. The van der Waals surface area contributed by atoms with Crippen molar-refractivity contribution in [3.8, 4) is 5.75 Å². The summed E-state index contributed by atoms with van der Waals surface area (Å²) < 4.78 is 6.92. The van der Waals surface area contributed by atoms with Crippen LogP contribution in [0, 0.1) is 20.8 Å². The number of hydrogen-bond donors (Lipinski definition) is 0. The number of nitrogens with zero attached hydrogens (tertiary/aromatic N) is 1. The lowest BCUT2D eigenvalue weighted by atomic mass is 10.1. The fourth-order valence-electron chi connectivity index (χ4n) is 1.62. The van der Waals surface area contributed by atoms with Crippen LogP contribution >= 0.6 is 27.3 Å². The Morgan fingerprint density at radius 3 is 2.41 bits per heavy atom. The molecular formula is C13H14BrNOS. The first-order valence-corrected chi connectivity index (χ1v) is 6.98. The van der Waals surface area contributed by atoms with Gasteiger partial charge in [-0.2, -0.15) is 0 Å². The molecule has 0 amide bonds. The van der Waals surface area contributed by atoms with Crippen LogP contribution in [0.4, 0.5) is 0 Å². The van der Waals surface area contributed by atoms with Crippen molar-refractivity contribution in [2.45, 2.75) is 27.4 Å². The standard InChI is InChI=1S/C13H14BrNOS/c1-8-4-11(5-9(2)13(8)14)16-7-12-6-15-10(3)17-12/h4-6H,7H2,1-3H3.